The van der Waals surface area contributed by atoms with Gasteiger partial charge in [0, 0.05) is 0 Å². The Morgan fingerprint density at radius 2 is 1.31 bits per heavy atom. The molecule has 13 heavy (non-hydrogen) atoms. The van der Waals surface area contributed by atoms with Crippen LogP contribution in [0.3, 0.4) is 0 Å². The molecule has 0 spiro atoms. The van der Waals surface area contributed by atoms with E-state index in [9.17, 15) is 9.59 Å². The van der Waals surface area contributed by atoms with Gasteiger partial charge in [0.25, 0.3) is 0 Å². The third-order valence-corrected chi connectivity index (χ3v) is 0.943. The SMILES string of the molecule is O=C=NCCCN=C=O.O=C=N[SiH3]. The van der Waals surface area contributed by atoms with Crippen LogP contribution in [0.15, 0.2) is 14.6 Å². The first kappa shape index (κ1) is 13.9. The van der Waals surface area contributed by atoms with Gasteiger partial charge in [0.05, 0.1) is 13.1 Å². The summed E-state index contributed by atoms with van der Waals surface area (Å²) in [5.74, 6) is 0. The Hall–Kier alpha value is -1.64. The van der Waals surface area contributed by atoms with Gasteiger partial charge in [-0.3, -0.25) is 4.66 Å². The molecule has 0 bridgehead atoms. The van der Waals surface area contributed by atoms with Crippen molar-refractivity contribution in [2.45, 2.75) is 6.42 Å². The van der Waals surface area contributed by atoms with Crippen LogP contribution < -0.4 is 0 Å². The van der Waals surface area contributed by atoms with E-state index in [-0.39, 0.29) is 0 Å². The molecular formula is C6H9N3O3Si. The van der Waals surface area contributed by atoms with E-state index < -0.39 is 0 Å². The quantitative estimate of drug-likeness (QED) is 0.243. The molecule has 0 radical (unpaired) electrons. The zero-order valence-corrected chi connectivity index (χ0v) is 9.19. The summed E-state index contributed by atoms with van der Waals surface area (Å²) in [6, 6.07) is 0. The van der Waals surface area contributed by atoms with Gasteiger partial charge < -0.3 is 0 Å². The molecule has 0 aliphatic rings. The highest BCUT2D eigenvalue weighted by Crippen LogP contribution is 1.78. The number of carbonyl (C=O) groups excluding carboxylic acids is 3. The Morgan fingerprint density at radius 3 is 1.54 bits per heavy atom. The van der Waals surface area contributed by atoms with Gasteiger partial charge in [0.1, 0.15) is 0 Å². The van der Waals surface area contributed by atoms with Crippen LogP contribution in [0, 0.1) is 0 Å². The first-order valence-electron chi connectivity index (χ1n) is 3.36. The molecule has 0 N–H and O–H groups in total. The molecule has 0 aliphatic carbocycles. The Bertz CT molecular complexity index is 232. The second kappa shape index (κ2) is 16.8. The normalized spacial score (nSPS) is 6.46. The van der Waals surface area contributed by atoms with Gasteiger partial charge in [-0.15, -0.1) is 0 Å². The van der Waals surface area contributed by atoms with Crippen LogP contribution in [0.2, 0.25) is 0 Å². The van der Waals surface area contributed by atoms with Crippen molar-refractivity contribution in [3.63, 3.8) is 0 Å². The summed E-state index contributed by atoms with van der Waals surface area (Å²) in [7, 11) is 0.591. The van der Waals surface area contributed by atoms with E-state index >= 15 is 0 Å². The predicted octanol–water partition coefficient (Wildman–Crippen LogP) is -1.35. The fourth-order valence-corrected chi connectivity index (χ4v) is 0.320. The molecule has 0 aromatic heterocycles. The van der Waals surface area contributed by atoms with Gasteiger partial charge in [-0.2, -0.15) is 0 Å². The van der Waals surface area contributed by atoms with Crippen LogP contribution in [0.1, 0.15) is 6.42 Å². The Kier molecular flexibility index (Phi) is 17.9. The van der Waals surface area contributed by atoms with Crippen molar-refractivity contribution < 1.29 is 14.4 Å². The van der Waals surface area contributed by atoms with Crippen molar-refractivity contribution in [3.8, 4) is 0 Å². The standard InChI is InChI=1S/C5H6N2O2.CH3NOSi/c8-4-6-2-1-3-7-5-9;3-1-2-4/h1-3H2;4H3. The Balaban J connectivity index is 0. The van der Waals surface area contributed by atoms with E-state index in [0.717, 1.165) is 0 Å². The molecule has 70 valence electrons. The highest BCUT2D eigenvalue weighted by molar-refractivity contribution is 6.07. The lowest BCUT2D eigenvalue weighted by Gasteiger charge is -1.81. The van der Waals surface area contributed by atoms with Gasteiger partial charge >= 0.3 is 0 Å². The topological polar surface area (TPSA) is 88.3 Å². The zero-order valence-electron chi connectivity index (χ0n) is 7.19. The minimum absolute atomic E-state index is 0.384. The molecule has 0 unspecified atom stereocenters. The molecule has 0 atom stereocenters. The Morgan fingerprint density at radius 1 is 0.923 bits per heavy atom. The highest BCUT2D eigenvalue weighted by Gasteiger charge is 1.79. The molecule has 0 heterocycles. The first-order chi connectivity index (χ1) is 6.33. The number of hydrogen-bond donors (Lipinski definition) is 0. The maximum Gasteiger partial charge on any atom is 0.234 e. The van der Waals surface area contributed by atoms with Gasteiger partial charge in [-0.05, 0) is 6.42 Å². The summed E-state index contributed by atoms with van der Waals surface area (Å²) in [6.45, 7) is 0.767. The van der Waals surface area contributed by atoms with Gasteiger partial charge in [-0.1, -0.05) is 0 Å². The van der Waals surface area contributed by atoms with Crippen LogP contribution in [0.5, 0.6) is 0 Å². The smallest absolute Gasteiger partial charge is 0.234 e. The third-order valence-electron chi connectivity index (χ3n) is 0.760. The fraction of sp³-hybridized carbons (Fsp3) is 0.500. The van der Waals surface area contributed by atoms with E-state index in [1.54, 1.807) is 0 Å². The Labute approximate surface area is 78.0 Å². The summed E-state index contributed by atoms with van der Waals surface area (Å²) < 4.78 is 3.07. The molecule has 0 saturated heterocycles. The van der Waals surface area contributed by atoms with Crippen LogP contribution >= 0.6 is 0 Å². The van der Waals surface area contributed by atoms with Crippen molar-refractivity contribution in [2.24, 2.45) is 14.6 Å². The van der Waals surface area contributed by atoms with Crippen molar-refractivity contribution in [2.75, 3.05) is 13.1 Å². The summed E-state index contributed by atoms with van der Waals surface area (Å²) in [5.41, 5.74) is 0. The van der Waals surface area contributed by atoms with Crippen LogP contribution in [-0.4, -0.2) is 41.7 Å². The number of isocyanates is 3. The average molecular weight is 199 g/mol. The molecule has 0 saturated carbocycles. The van der Waals surface area contributed by atoms with Gasteiger partial charge in [0.2, 0.25) is 18.2 Å². The number of rotatable bonds is 4. The van der Waals surface area contributed by atoms with Crippen molar-refractivity contribution in [1.82, 2.24) is 0 Å². The fourth-order valence-electron chi connectivity index (χ4n) is 0.320. The minimum atomic E-state index is 0.384. The van der Waals surface area contributed by atoms with Crippen LogP contribution in [0.25, 0.3) is 0 Å². The molecule has 0 aromatic carbocycles. The lowest BCUT2D eigenvalue weighted by atomic mass is 10.4. The van der Waals surface area contributed by atoms with Gasteiger partial charge in [-0.25, -0.2) is 24.4 Å². The van der Waals surface area contributed by atoms with E-state index in [4.69, 9.17) is 4.79 Å². The van der Waals surface area contributed by atoms with E-state index in [2.05, 4.69) is 14.6 Å². The van der Waals surface area contributed by atoms with Crippen molar-refractivity contribution in [3.05, 3.63) is 0 Å². The molecule has 7 heteroatoms. The van der Waals surface area contributed by atoms with Crippen LogP contribution in [-0.2, 0) is 14.4 Å². The number of nitrogens with zero attached hydrogens (tertiary/aromatic N) is 3. The predicted molar refractivity (Wildman–Crippen MR) is 48.7 cm³/mol. The maximum absolute atomic E-state index is 9.44. The molecule has 6 nitrogen and oxygen atoms in total. The molecule has 0 aromatic rings. The van der Waals surface area contributed by atoms with E-state index in [0.29, 0.717) is 29.9 Å². The molecule has 0 amide bonds. The summed E-state index contributed by atoms with van der Waals surface area (Å²) in [4.78, 5) is 34.3. The lowest BCUT2D eigenvalue weighted by molar-refractivity contribution is 0.561. The summed E-state index contributed by atoms with van der Waals surface area (Å²) >= 11 is 0. The number of aliphatic imine (C=N–C) groups is 2. The second-order valence-electron chi connectivity index (χ2n) is 1.61. The number of hydrogen-bond acceptors (Lipinski definition) is 6. The minimum Gasteiger partial charge on any atom is -0.260 e. The van der Waals surface area contributed by atoms with Crippen LogP contribution in [0.4, 0.5) is 0 Å². The summed E-state index contributed by atoms with van der Waals surface area (Å²) in [6.07, 6.45) is 4.73. The monoisotopic (exact) mass is 199 g/mol. The van der Waals surface area contributed by atoms with E-state index in [1.807, 2.05) is 0 Å². The van der Waals surface area contributed by atoms with E-state index in [1.165, 1.54) is 18.2 Å². The third kappa shape index (κ3) is 25.2. The van der Waals surface area contributed by atoms with Crippen molar-refractivity contribution >= 4 is 28.6 Å². The maximum atomic E-state index is 9.44. The zero-order chi connectivity index (χ0) is 10.4. The lowest BCUT2D eigenvalue weighted by Crippen LogP contribution is -1.83. The largest absolute Gasteiger partial charge is 0.260 e. The first-order valence-corrected chi connectivity index (χ1v) is 4.26. The molecule has 0 aliphatic heterocycles. The highest BCUT2D eigenvalue weighted by atomic mass is 28.2. The summed E-state index contributed by atoms with van der Waals surface area (Å²) in [5, 5.41) is 0. The molecular weight excluding hydrogens is 190 g/mol. The second-order valence-corrected chi connectivity index (χ2v) is 2.06. The van der Waals surface area contributed by atoms with Crippen molar-refractivity contribution in [1.29, 1.82) is 0 Å². The molecule has 0 fully saturated rings. The average Bonchev–Trinajstić information content (AvgIpc) is 2.18. The van der Waals surface area contributed by atoms with Gasteiger partial charge in [0.15, 0.2) is 10.4 Å². The molecule has 0 rings (SSSR count).